The number of hydrogen-bond acceptors (Lipinski definition) is 6. The summed E-state index contributed by atoms with van der Waals surface area (Å²) in [5.74, 6) is -0.923. The van der Waals surface area contributed by atoms with Gasteiger partial charge in [0.25, 0.3) is 6.47 Å². The van der Waals surface area contributed by atoms with Crippen LogP contribution in [-0.2, 0) is 36.0 Å². The van der Waals surface area contributed by atoms with E-state index in [0.29, 0.717) is 34.4 Å². The Morgan fingerprint density at radius 3 is 2.08 bits per heavy atom. The molecule has 0 atom stereocenters. The van der Waals surface area contributed by atoms with Gasteiger partial charge in [0.1, 0.15) is 30.7 Å². The van der Waals surface area contributed by atoms with Crippen molar-refractivity contribution < 1.29 is 24.0 Å². The Balaban J connectivity index is 1.90. The number of halogens is 1. The van der Waals surface area contributed by atoms with E-state index in [1.54, 1.807) is 12.2 Å². The first-order valence-corrected chi connectivity index (χ1v) is 17.6. The molecule has 2 aliphatic rings. The Morgan fingerprint density at radius 1 is 0.940 bits per heavy atom. The molecule has 8 nitrogen and oxygen atoms in total. The number of hydrogen-bond donors (Lipinski definition) is 1. The Hall–Kier alpha value is -4.47. The summed E-state index contributed by atoms with van der Waals surface area (Å²) in [5, 5.41) is 30.9. The summed E-state index contributed by atoms with van der Waals surface area (Å²) in [5.41, 5.74) is 7.10. The molecule has 9 heteroatoms. The molecule has 50 heavy (non-hydrogen) atoms. The van der Waals surface area contributed by atoms with E-state index in [9.17, 15) is 25.2 Å². The van der Waals surface area contributed by atoms with E-state index < -0.39 is 16.8 Å². The van der Waals surface area contributed by atoms with Gasteiger partial charge >= 0.3 is 5.97 Å². The van der Waals surface area contributed by atoms with Gasteiger partial charge in [0.15, 0.2) is 6.54 Å². The maximum absolute atomic E-state index is 11.7. The van der Waals surface area contributed by atoms with Gasteiger partial charge in [-0.1, -0.05) is 89.5 Å². The number of carbonyl (C=O) groups excluding carboxylic acids is 1. The molecule has 262 valence electrons. The molecule has 2 aromatic carbocycles. The van der Waals surface area contributed by atoms with E-state index in [0.717, 1.165) is 33.8 Å². The predicted molar refractivity (Wildman–Crippen MR) is 201 cm³/mol. The highest BCUT2D eigenvalue weighted by Gasteiger charge is 2.48. The number of rotatable bonds is 10. The van der Waals surface area contributed by atoms with E-state index in [2.05, 4.69) is 128 Å². The van der Waals surface area contributed by atoms with Crippen molar-refractivity contribution in [2.75, 3.05) is 24.6 Å². The molecule has 0 bridgehead atoms. The molecular formula is C41H48BrN4O4+. The van der Waals surface area contributed by atoms with Crippen LogP contribution in [0, 0.1) is 22.7 Å². The molecule has 1 N–H and O–H groups in total. The minimum Gasteiger partial charge on any atom is -0.481 e. The fourth-order valence-electron chi connectivity index (χ4n) is 7.10. The van der Waals surface area contributed by atoms with Crippen LogP contribution in [0.3, 0.4) is 0 Å². The second-order valence-electron chi connectivity index (χ2n) is 16.0. The second kappa shape index (κ2) is 14.0. The molecule has 0 aliphatic carbocycles. The lowest BCUT2D eigenvalue weighted by Gasteiger charge is -2.28. The topological polar surface area (TPSA) is 117 Å². The molecule has 0 saturated heterocycles. The Kier molecular flexibility index (Phi) is 10.8. The van der Waals surface area contributed by atoms with Gasteiger partial charge in [-0.2, -0.15) is 15.1 Å². The van der Waals surface area contributed by atoms with Gasteiger partial charge in [-0.3, -0.25) is 9.59 Å². The number of aliphatic carboxylic acids is 1. The monoisotopic (exact) mass is 739 g/mol. The average Bonchev–Trinajstić information content (AvgIpc) is 3.38. The van der Waals surface area contributed by atoms with E-state index in [1.807, 2.05) is 15.5 Å². The summed E-state index contributed by atoms with van der Waals surface area (Å²) in [7, 11) is 0. The summed E-state index contributed by atoms with van der Waals surface area (Å²) in [6.07, 6.45) is 3.34. The highest BCUT2D eigenvalue weighted by molar-refractivity contribution is 9.11. The molecule has 2 heterocycles. The summed E-state index contributed by atoms with van der Waals surface area (Å²) in [4.78, 5) is 24.8. The summed E-state index contributed by atoms with van der Waals surface area (Å²) in [6.45, 7) is 22.4. The zero-order valence-corrected chi connectivity index (χ0v) is 32.4. The first-order valence-electron chi connectivity index (χ1n) is 16.8. The normalized spacial score (nSPS) is 17.9. The lowest BCUT2D eigenvalue weighted by molar-refractivity contribution is -0.437. The molecule has 0 saturated carbocycles. The zero-order valence-electron chi connectivity index (χ0n) is 30.9. The van der Waals surface area contributed by atoms with Gasteiger partial charge in [0.2, 0.25) is 11.4 Å². The van der Waals surface area contributed by atoms with Crippen LogP contribution in [0.2, 0.25) is 0 Å². The highest BCUT2D eigenvalue weighted by atomic mass is 79.9. The van der Waals surface area contributed by atoms with Crippen LogP contribution in [0.25, 0.3) is 0 Å². The summed E-state index contributed by atoms with van der Waals surface area (Å²) < 4.78 is 7.56. The number of carboxylic acid groups (broad SMARTS) is 1. The lowest BCUT2D eigenvalue weighted by Crippen LogP contribution is -2.31. The molecule has 2 aliphatic heterocycles. The molecule has 0 amide bonds. The van der Waals surface area contributed by atoms with Crippen molar-refractivity contribution in [2.24, 2.45) is 0 Å². The van der Waals surface area contributed by atoms with Crippen molar-refractivity contribution in [3.05, 3.63) is 92.1 Å². The number of carbonyl (C=O) groups is 2. The predicted octanol–water partition coefficient (Wildman–Crippen LogP) is 8.61. The number of ether oxygens (including phenoxy) is 1. The number of benzene rings is 2. The van der Waals surface area contributed by atoms with E-state index in [1.165, 1.54) is 5.56 Å². The van der Waals surface area contributed by atoms with Crippen LogP contribution in [-0.4, -0.2) is 47.5 Å². The fourth-order valence-corrected chi connectivity index (χ4v) is 7.56. The number of anilines is 1. The molecule has 0 aromatic heterocycles. The SMILES string of the molecule is CC(C)(C)c1ccc2c(c1)C(C)(C)C(=C(C#N)C=C(Br)C=C(C#N)C1=[N+](CCC(=O)O)c3ccc(C(C)(C)C)cc3C1(C)C)N2CCOC=O. The number of fused-ring (bicyclic) bond motifs is 2. The van der Waals surface area contributed by atoms with Gasteiger partial charge in [-0.15, -0.1) is 0 Å². The first-order chi connectivity index (χ1) is 23.2. The van der Waals surface area contributed by atoms with Crippen LogP contribution < -0.4 is 4.90 Å². The Labute approximate surface area is 305 Å². The zero-order chi connectivity index (χ0) is 37.4. The van der Waals surface area contributed by atoms with Crippen molar-refractivity contribution in [2.45, 2.75) is 97.3 Å². The third-order valence-electron chi connectivity index (χ3n) is 9.74. The van der Waals surface area contributed by atoms with Crippen molar-refractivity contribution in [1.82, 2.24) is 0 Å². The second-order valence-corrected chi connectivity index (χ2v) is 17.0. The van der Waals surface area contributed by atoms with Crippen molar-refractivity contribution >= 4 is 45.5 Å². The van der Waals surface area contributed by atoms with Gasteiger partial charge in [-0.25, -0.2) is 0 Å². The molecule has 0 radical (unpaired) electrons. The van der Waals surface area contributed by atoms with Gasteiger partial charge in [0.05, 0.1) is 17.5 Å². The third kappa shape index (κ3) is 7.35. The molecule has 2 aromatic rings. The van der Waals surface area contributed by atoms with Crippen molar-refractivity contribution in [1.29, 1.82) is 10.5 Å². The van der Waals surface area contributed by atoms with Gasteiger partial charge in [0, 0.05) is 32.9 Å². The third-order valence-corrected chi connectivity index (χ3v) is 10.2. The van der Waals surface area contributed by atoms with Crippen molar-refractivity contribution in [3.63, 3.8) is 0 Å². The standard InChI is InChI=1S/C41H47BrN4O4/c1-38(2,3)28-11-13-33-31(21-28)40(7,8)36(45(33)16-15-35(48)49)26(23-43)19-30(42)20-27(24-44)37-41(9,10)32-22-29(39(4,5)6)12-14-34(32)46(37)17-18-50-25-47/h11-14,19-22,25H,15-18H2,1-10H3/p+1. The Bertz CT molecular complexity index is 1940. The van der Waals surface area contributed by atoms with Crippen LogP contribution in [0.5, 0.6) is 0 Å². The quantitative estimate of drug-likeness (QED) is 0.0853. The number of nitrogens with zero attached hydrogens (tertiary/aromatic N) is 4. The minimum atomic E-state index is -0.923. The average molecular weight is 741 g/mol. The smallest absolute Gasteiger partial charge is 0.309 e. The van der Waals surface area contributed by atoms with E-state index >= 15 is 0 Å². The molecule has 0 spiro atoms. The van der Waals surface area contributed by atoms with Crippen molar-refractivity contribution in [3.8, 4) is 12.1 Å². The van der Waals surface area contributed by atoms with Crippen LogP contribution in [0.15, 0.2) is 69.9 Å². The summed E-state index contributed by atoms with van der Waals surface area (Å²) in [6, 6.07) is 17.4. The number of nitriles is 2. The van der Waals surface area contributed by atoms with Gasteiger partial charge < -0.3 is 14.7 Å². The van der Waals surface area contributed by atoms with Crippen LogP contribution >= 0.6 is 15.9 Å². The van der Waals surface area contributed by atoms with Crippen LogP contribution in [0.4, 0.5) is 11.4 Å². The van der Waals surface area contributed by atoms with E-state index in [4.69, 9.17) is 4.74 Å². The molecule has 0 fully saturated rings. The fraction of sp³-hybridized carbons (Fsp3) is 0.439. The van der Waals surface area contributed by atoms with E-state index in [-0.39, 0.29) is 30.4 Å². The minimum absolute atomic E-state index is 0.0828. The van der Waals surface area contributed by atoms with Crippen LogP contribution in [0.1, 0.15) is 97.9 Å². The summed E-state index contributed by atoms with van der Waals surface area (Å²) >= 11 is 3.67. The largest absolute Gasteiger partial charge is 0.481 e. The van der Waals surface area contributed by atoms with Gasteiger partial charge in [-0.05, 0) is 65.7 Å². The highest BCUT2D eigenvalue weighted by Crippen LogP contribution is 2.50. The number of allylic oxidation sites excluding steroid dienone is 6. The maximum atomic E-state index is 11.7. The molecule has 4 rings (SSSR count). The molecule has 0 unspecified atom stereocenters. The molecular weight excluding hydrogens is 692 g/mol. The Morgan fingerprint density at radius 2 is 1.54 bits per heavy atom. The first kappa shape index (κ1) is 38.3. The maximum Gasteiger partial charge on any atom is 0.309 e. The lowest BCUT2D eigenvalue weighted by atomic mass is 9.76. The number of carboxylic acids is 1.